The monoisotopic (exact) mass is 400 g/mol. The van der Waals surface area contributed by atoms with Gasteiger partial charge < -0.3 is 5.11 Å². The topological polar surface area (TPSA) is 20.2 Å². The second-order valence-electron chi connectivity index (χ2n) is 6.48. The first-order chi connectivity index (χ1) is 12.2. The molecule has 0 amide bonds. The van der Waals surface area contributed by atoms with Crippen LogP contribution < -0.4 is 0 Å². The Labute approximate surface area is 168 Å². The third-order valence-corrected chi connectivity index (χ3v) is 7.34. The number of benzene rings is 1. The molecule has 0 aromatic heterocycles. The van der Waals surface area contributed by atoms with Crippen molar-refractivity contribution < 1.29 is 5.11 Å². The van der Waals surface area contributed by atoms with E-state index in [1.807, 2.05) is 35.3 Å². The van der Waals surface area contributed by atoms with Crippen LogP contribution >= 0.6 is 35.3 Å². The number of phenols is 1. The summed E-state index contributed by atoms with van der Waals surface area (Å²) in [6.45, 7) is 6.72. The summed E-state index contributed by atoms with van der Waals surface area (Å²) in [5, 5.41) is 10.7. The molecule has 0 atom stereocenters. The lowest BCUT2D eigenvalue weighted by atomic mass is 10.1. The van der Waals surface area contributed by atoms with E-state index >= 15 is 0 Å². The third kappa shape index (κ3) is 10.1. The van der Waals surface area contributed by atoms with Gasteiger partial charge in [-0.3, -0.25) is 0 Å². The molecule has 0 aliphatic carbocycles. The quantitative estimate of drug-likeness (QED) is 0.307. The lowest BCUT2D eigenvalue weighted by Crippen LogP contribution is -1.95. The first-order valence-corrected chi connectivity index (χ1v) is 13.3. The fourth-order valence-electron chi connectivity index (χ4n) is 2.43. The molecule has 0 unspecified atom stereocenters. The molecule has 1 rings (SSSR count). The van der Waals surface area contributed by atoms with Crippen LogP contribution in [0.3, 0.4) is 0 Å². The van der Waals surface area contributed by atoms with Crippen LogP contribution in [-0.4, -0.2) is 22.4 Å². The molecule has 1 aromatic rings. The highest BCUT2D eigenvalue weighted by Crippen LogP contribution is 2.32. The summed E-state index contributed by atoms with van der Waals surface area (Å²) in [7, 11) is 0. The van der Waals surface area contributed by atoms with Gasteiger partial charge in [0.1, 0.15) is 5.75 Å². The molecule has 4 heteroatoms. The fourth-order valence-corrected chi connectivity index (χ4v) is 5.62. The van der Waals surface area contributed by atoms with E-state index in [9.17, 15) is 5.11 Å². The molecule has 144 valence electrons. The van der Waals surface area contributed by atoms with Crippen molar-refractivity contribution in [1.29, 1.82) is 0 Å². The van der Waals surface area contributed by atoms with Crippen molar-refractivity contribution in [2.24, 2.45) is 0 Å². The predicted octanol–water partition coefficient (Wildman–Crippen LogP) is 7.49. The second-order valence-corrected chi connectivity index (χ2v) is 9.80. The standard InChI is InChI=1S/C21H36OS3/c1-4-7-10-23-15-18-13-19(16-24-11-8-5-2)21(22)20(14-18)17-25-12-9-6-3/h13-14,22H,4-12,15-17H2,1-3H3. The van der Waals surface area contributed by atoms with Gasteiger partial charge in [0, 0.05) is 28.4 Å². The van der Waals surface area contributed by atoms with Crippen molar-refractivity contribution >= 4 is 35.3 Å². The maximum Gasteiger partial charge on any atom is 0.123 e. The van der Waals surface area contributed by atoms with E-state index in [-0.39, 0.29) is 0 Å². The van der Waals surface area contributed by atoms with Crippen molar-refractivity contribution in [2.75, 3.05) is 17.3 Å². The largest absolute Gasteiger partial charge is 0.507 e. The SMILES string of the molecule is CCCCSCc1cc(CSCCCC)c(O)c(CSCCCC)c1. The van der Waals surface area contributed by atoms with Crippen molar-refractivity contribution in [3.8, 4) is 5.75 Å². The Morgan fingerprint density at radius 1 is 0.680 bits per heavy atom. The molecule has 0 aliphatic heterocycles. The first kappa shape index (κ1) is 23.1. The molecule has 1 N–H and O–H groups in total. The lowest BCUT2D eigenvalue weighted by molar-refractivity contribution is 0.465. The minimum Gasteiger partial charge on any atom is -0.507 e. The van der Waals surface area contributed by atoms with Crippen LogP contribution in [0.2, 0.25) is 0 Å². The van der Waals surface area contributed by atoms with E-state index in [0.29, 0.717) is 5.75 Å². The van der Waals surface area contributed by atoms with Gasteiger partial charge >= 0.3 is 0 Å². The Hall–Kier alpha value is 0.0700. The van der Waals surface area contributed by atoms with Crippen LogP contribution in [0.4, 0.5) is 0 Å². The zero-order valence-electron chi connectivity index (χ0n) is 16.3. The van der Waals surface area contributed by atoms with Crippen LogP contribution in [0.15, 0.2) is 12.1 Å². The van der Waals surface area contributed by atoms with E-state index in [2.05, 4.69) is 32.9 Å². The normalized spacial score (nSPS) is 11.2. The smallest absolute Gasteiger partial charge is 0.123 e. The number of rotatable bonds is 15. The highest BCUT2D eigenvalue weighted by atomic mass is 32.2. The summed E-state index contributed by atoms with van der Waals surface area (Å²) in [5.74, 6) is 7.10. The average molecular weight is 401 g/mol. The Bertz CT molecular complexity index is 429. The van der Waals surface area contributed by atoms with Crippen LogP contribution in [-0.2, 0) is 17.3 Å². The zero-order valence-corrected chi connectivity index (χ0v) is 18.8. The summed E-state index contributed by atoms with van der Waals surface area (Å²) < 4.78 is 0. The molecular weight excluding hydrogens is 364 g/mol. The Balaban J connectivity index is 2.72. The maximum absolute atomic E-state index is 10.7. The van der Waals surface area contributed by atoms with Gasteiger partial charge in [-0.1, -0.05) is 52.2 Å². The minimum atomic E-state index is 0.551. The molecule has 1 nitrogen and oxygen atoms in total. The van der Waals surface area contributed by atoms with Gasteiger partial charge in [0.15, 0.2) is 0 Å². The molecule has 0 bridgehead atoms. The van der Waals surface area contributed by atoms with Crippen LogP contribution in [0.5, 0.6) is 5.75 Å². The summed E-state index contributed by atoms with van der Waals surface area (Å²) in [5.41, 5.74) is 3.66. The van der Waals surface area contributed by atoms with Gasteiger partial charge in [0.05, 0.1) is 0 Å². The number of thioether (sulfide) groups is 3. The van der Waals surface area contributed by atoms with Gasteiger partial charge in [0.25, 0.3) is 0 Å². The van der Waals surface area contributed by atoms with Crippen molar-refractivity contribution in [3.05, 3.63) is 28.8 Å². The molecule has 0 fully saturated rings. The fraction of sp³-hybridized carbons (Fsp3) is 0.714. The van der Waals surface area contributed by atoms with Crippen molar-refractivity contribution in [3.63, 3.8) is 0 Å². The first-order valence-electron chi connectivity index (χ1n) is 9.79. The van der Waals surface area contributed by atoms with E-state index in [1.165, 1.54) is 61.3 Å². The van der Waals surface area contributed by atoms with Crippen LogP contribution in [0.25, 0.3) is 0 Å². The number of hydrogen-bond donors (Lipinski definition) is 1. The number of unbranched alkanes of at least 4 members (excludes halogenated alkanes) is 3. The summed E-state index contributed by atoms with van der Waals surface area (Å²) in [6.07, 6.45) is 7.57. The van der Waals surface area contributed by atoms with Gasteiger partial charge in [-0.25, -0.2) is 0 Å². The molecule has 0 heterocycles. The zero-order chi connectivity index (χ0) is 18.3. The van der Waals surface area contributed by atoms with E-state index in [0.717, 1.165) is 28.4 Å². The van der Waals surface area contributed by atoms with Gasteiger partial charge in [-0.2, -0.15) is 35.3 Å². The number of hydrogen-bond acceptors (Lipinski definition) is 4. The van der Waals surface area contributed by atoms with Crippen molar-refractivity contribution in [2.45, 2.75) is 76.6 Å². The summed E-state index contributed by atoms with van der Waals surface area (Å²) in [6, 6.07) is 4.49. The Morgan fingerprint density at radius 3 is 1.48 bits per heavy atom. The van der Waals surface area contributed by atoms with E-state index in [4.69, 9.17) is 0 Å². The Kier molecular flexibility index (Phi) is 14.0. The number of aromatic hydroxyl groups is 1. The molecule has 0 saturated carbocycles. The molecule has 0 radical (unpaired) electrons. The second kappa shape index (κ2) is 15.2. The average Bonchev–Trinajstić information content (AvgIpc) is 2.62. The van der Waals surface area contributed by atoms with E-state index in [1.54, 1.807) is 0 Å². The van der Waals surface area contributed by atoms with Crippen LogP contribution in [0.1, 0.15) is 76.0 Å². The molecule has 0 spiro atoms. The summed E-state index contributed by atoms with van der Waals surface area (Å²) in [4.78, 5) is 0. The molecular formula is C21H36OS3. The van der Waals surface area contributed by atoms with Crippen LogP contribution in [0, 0.1) is 0 Å². The molecule has 25 heavy (non-hydrogen) atoms. The summed E-state index contributed by atoms with van der Waals surface area (Å²) >= 11 is 5.93. The highest BCUT2D eigenvalue weighted by molar-refractivity contribution is 7.99. The van der Waals surface area contributed by atoms with Gasteiger partial charge in [-0.05, 0) is 42.1 Å². The molecule has 1 aromatic carbocycles. The predicted molar refractivity (Wildman–Crippen MR) is 121 cm³/mol. The van der Waals surface area contributed by atoms with Gasteiger partial charge in [-0.15, -0.1) is 0 Å². The lowest BCUT2D eigenvalue weighted by Gasteiger charge is -2.13. The van der Waals surface area contributed by atoms with E-state index < -0.39 is 0 Å². The maximum atomic E-state index is 10.7. The molecule has 0 saturated heterocycles. The third-order valence-electron chi connectivity index (χ3n) is 4.04. The highest BCUT2D eigenvalue weighted by Gasteiger charge is 2.11. The minimum absolute atomic E-state index is 0.551. The Morgan fingerprint density at radius 2 is 1.08 bits per heavy atom. The van der Waals surface area contributed by atoms with Crippen molar-refractivity contribution in [1.82, 2.24) is 0 Å². The number of phenolic OH excluding ortho intramolecular Hbond substituents is 1. The molecule has 0 aliphatic rings. The van der Waals surface area contributed by atoms with Gasteiger partial charge in [0.2, 0.25) is 0 Å².